The molecule has 0 radical (unpaired) electrons. The van der Waals surface area contributed by atoms with Gasteiger partial charge in [0.1, 0.15) is 10.7 Å². The maximum Gasteiger partial charge on any atom is 0.387 e. The summed E-state index contributed by atoms with van der Waals surface area (Å²) in [5.41, 5.74) is 2.20. The summed E-state index contributed by atoms with van der Waals surface area (Å²) < 4.78 is 34.2. The summed E-state index contributed by atoms with van der Waals surface area (Å²) in [7, 11) is 1.38. The fourth-order valence-corrected chi connectivity index (χ4v) is 3.88. The van der Waals surface area contributed by atoms with Gasteiger partial charge in [0.25, 0.3) is 5.91 Å². The summed E-state index contributed by atoms with van der Waals surface area (Å²) in [5, 5.41) is 9.28. The Labute approximate surface area is 162 Å². The number of amides is 1. The van der Waals surface area contributed by atoms with E-state index in [1.165, 1.54) is 24.5 Å². The third kappa shape index (κ3) is 5.01. The Morgan fingerprint density at radius 1 is 1.26 bits per heavy atom. The van der Waals surface area contributed by atoms with Crippen molar-refractivity contribution in [3.8, 4) is 22.1 Å². The van der Waals surface area contributed by atoms with Crippen LogP contribution in [0, 0.1) is 0 Å². The second-order valence-corrected chi connectivity index (χ2v) is 7.06. The SMILES string of the molecule is COc1cc(CCNC(=O)c2csc(-c3ccsc3)n2)ccc1OC(F)F. The van der Waals surface area contributed by atoms with E-state index in [2.05, 4.69) is 15.0 Å². The molecular formula is C18H16F2N2O3S2. The van der Waals surface area contributed by atoms with E-state index >= 15 is 0 Å². The predicted octanol–water partition coefficient (Wildman–Crippen LogP) is 4.45. The molecule has 3 aromatic rings. The molecule has 2 aromatic heterocycles. The molecule has 0 aliphatic rings. The Hall–Kier alpha value is -2.52. The zero-order valence-corrected chi connectivity index (χ0v) is 15.9. The van der Waals surface area contributed by atoms with Crippen molar-refractivity contribution in [3.63, 3.8) is 0 Å². The minimum Gasteiger partial charge on any atom is -0.493 e. The summed E-state index contributed by atoms with van der Waals surface area (Å²) in [4.78, 5) is 16.6. The van der Waals surface area contributed by atoms with E-state index in [1.54, 1.807) is 28.8 Å². The van der Waals surface area contributed by atoms with Gasteiger partial charge in [0.05, 0.1) is 7.11 Å². The summed E-state index contributed by atoms with van der Waals surface area (Å²) in [5.74, 6) is -0.0555. The number of aromatic nitrogens is 1. The van der Waals surface area contributed by atoms with Gasteiger partial charge in [0.2, 0.25) is 0 Å². The molecule has 2 heterocycles. The van der Waals surface area contributed by atoms with Crippen LogP contribution in [-0.4, -0.2) is 31.2 Å². The zero-order chi connectivity index (χ0) is 19.2. The number of benzene rings is 1. The highest BCUT2D eigenvalue weighted by atomic mass is 32.1. The van der Waals surface area contributed by atoms with E-state index in [0.717, 1.165) is 16.1 Å². The van der Waals surface area contributed by atoms with Crippen molar-refractivity contribution in [2.24, 2.45) is 0 Å². The molecule has 1 N–H and O–H groups in total. The number of alkyl halides is 2. The van der Waals surface area contributed by atoms with Crippen molar-refractivity contribution < 1.29 is 23.0 Å². The highest BCUT2D eigenvalue weighted by molar-refractivity contribution is 7.14. The number of carbonyl (C=O) groups is 1. The molecule has 142 valence electrons. The van der Waals surface area contributed by atoms with Crippen LogP contribution in [0.15, 0.2) is 40.4 Å². The van der Waals surface area contributed by atoms with Crippen LogP contribution in [0.5, 0.6) is 11.5 Å². The lowest BCUT2D eigenvalue weighted by Gasteiger charge is -2.11. The number of nitrogens with one attached hydrogen (secondary N) is 1. The first kappa shape index (κ1) is 19.2. The lowest BCUT2D eigenvalue weighted by atomic mass is 10.1. The number of hydrogen-bond acceptors (Lipinski definition) is 6. The lowest BCUT2D eigenvalue weighted by Crippen LogP contribution is -2.26. The van der Waals surface area contributed by atoms with Gasteiger partial charge in [-0.2, -0.15) is 20.1 Å². The molecule has 0 aliphatic carbocycles. The van der Waals surface area contributed by atoms with Gasteiger partial charge in [-0.1, -0.05) is 6.07 Å². The number of methoxy groups -OCH3 is 1. The monoisotopic (exact) mass is 410 g/mol. The van der Waals surface area contributed by atoms with Gasteiger partial charge in [0.15, 0.2) is 11.5 Å². The van der Waals surface area contributed by atoms with E-state index in [-0.39, 0.29) is 17.4 Å². The van der Waals surface area contributed by atoms with Crippen LogP contribution < -0.4 is 14.8 Å². The third-order valence-corrected chi connectivity index (χ3v) is 5.22. The van der Waals surface area contributed by atoms with Crippen molar-refractivity contribution in [2.45, 2.75) is 13.0 Å². The van der Waals surface area contributed by atoms with Crippen LogP contribution >= 0.6 is 22.7 Å². The Balaban J connectivity index is 1.55. The molecule has 0 unspecified atom stereocenters. The second kappa shape index (κ2) is 8.92. The van der Waals surface area contributed by atoms with Crippen LogP contribution in [0.3, 0.4) is 0 Å². The van der Waals surface area contributed by atoms with E-state index in [0.29, 0.717) is 18.7 Å². The Bertz CT molecular complexity index is 898. The number of hydrogen-bond donors (Lipinski definition) is 1. The van der Waals surface area contributed by atoms with Crippen LogP contribution in [0.2, 0.25) is 0 Å². The molecular weight excluding hydrogens is 394 g/mol. The maximum atomic E-state index is 12.4. The molecule has 0 spiro atoms. The Morgan fingerprint density at radius 2 is 2.11 bits per heavy atom. The van der Waals surface area contributed by atoms with Crippen LogP contribution in [0.25, 0.3) is 10.6 Å². The molecule has 0 bridgehead atoms. The average molecular weight is 410 g/mol. The van der Waals surface area contributed by atoms with Gasteiger partial charge in [0, 0.05) is 22.9 Å². The van der Waals surface area contributed by atoms with Gasteiger partial charge in [-0.3, -0.25) is 4.79 Å². The minimum absolute atomic E-state index is 0.0243. The quantitative estimate of drug-likeness (QED) is 0.596. The number of thiophene rings is 1. The fraction of sp³-hybridized carbons (Fsp3) is 0.222. The Kier molecular flexibility index (Phi) is 6.36. The third-order valence-electron chi connectivity index (χ3n) is 3.65. The lowest BCUT2D eigenvalue weighted by molar-refractivity contribution is -0.0512. The number of ether oxygens (including phenoxy) is 2. The van der Waals surface area contributed by atoms with E-state index in [4.69, 9.17) is 4.74 Å². The molecule has 3 rings (SSSR count). The molecule has 0 saturated carbocycles. The molecule has 9 heteroatoms. The summed E-state index contributed by atoms with van der Waals surface area (Å²) in [6.07, 6.45) is 0.512. The summed E-state index contributed by atoms with van der Waals surface area (Å²) in [6, 6.07) is 6.65. The van der Waals surface area contributed by atoms with Crippen LogP contribution in [0.4, 0.5) is 8.78 Å². The smallest absolute Gasteiger partial charge is 0.387 e. The summed E-state index contributed by atoms with van der Waals surface area (Å²) >= 11 is 3.00. The highest BCUT2D eigenvalue weighted by Crippen LogP contribution is 2.29. The standard InChI is InChI=1S/C18H16F2N2O3S2/c1-24-15-8-11(2-3-14(15)25-18(19)20)4-6-21-16(23)13-10-27-17(22-13)12-5-7-26-9-12/h2-3,5,7-10,18H,4,6H2,1H3,(H,21,23). The van der Waals surface area contributed by atoms with E-state index < -0.39 is 6.61 Å². The normalized spacial score (nSPS) is 10.8. The zero-order valence-electron chi connectivity index (χ0n) is 14.3. The average Bonchev–Trinajstić information content (AvgIpc) is 3.33. The van der Waals surface area contributed by atoms with Gasteiger partial charge in [-0.15, -0.1) is 11.3 Å². The van der Waals surface area contributed by atoms with Crippen molar-refractivity contribution in [2.75, 3.05) is 13.7 Å². The van der Waals surface area contributed by atoms with E-state index in [1.807, 2.05) is 16.8 Å². The maximum absolute atomic E-state index is 12.4. The van der Waals surface area contributed by atoms with Crippen molar-refractivity contribution >= 4 is 28.6 Å². The first-order chi connectivity index (χ1) is 13.1. The van der Waals surface area contributed by atoms with Crippen molar-refractivity contribution in [1.82, 2.24) is 10.3 Å². The largest absolute Gasteiger partial charge is 0.493 e. The fourth-order valence-electron chi connectivity index (χ4n) is 2.37. The van der Waals surface area contributed by atoms with Gasteiger partial charge >= 0.3 is 6.61 Å². The topological polar surface area (TPSA) is 60.5 Å². The number of halogens is 2. The summed E-state index contributed by atoms with van der Waals surface area (Å²) in [6.45, 7) is -2.54. The number of carbonyl (C=O) groups excluding carboxylic acids is 1. The molecule has 5 nitrogen and oxygen atoms in total. The first-order valence-electron chi connectivity index (χ1n) is 7.95. The molecule has 0 atom stereocenters. The van der Waals surface area contributed by atoms with Crippen LogP contribution in [0.1, 0.15) is 16.1 Å². The molecule has 1 amide bonds. The van der Waals surface area contributed by atoms with E-state index in [9.17, 15) is 13.6 Å². The van der Waals surface area contributed by atoms with Crippen molar-refractivity contribution in [1.29, 1.82) is 0 Å². The van der Waals surface area contributed by atoms with Gasteiger partial charge in [-0.05, 0) is 35.6 Å². The second-order valence-electron chi connectivity index (χ2n) is 5.42. The predicted molar refractivity (Wildman–Crippen MR) is 101 cm³/mol. The minimum atomic E-state index is -2.92. The molecule has 0 saturated heterocycles. The highest BCUT2D eigenvalue weighted by Gasteiger charge is 2.13. The van der Waals surface area contributed by atoms with Gasteiger partial charge in [-0.25, -0.2) is 4.98 Å². The van der Waals surface area contributed by atoms with Gasteiger partial charge < -0.3 is 14.8 Å². The Morgan fingerprint density at radius 3 is 2.81 bits per heavy atom. The molecule has 0 fully saturated rings. The molecule has 0 aliphatic heterocycles. The number of nitrogens with zero attached hydrogens (tertiary/aromatic N) is 1. The van der Waals surface area contributed by atoms with Crippen LogP contribution in [-0.2, 0) is 6.42 Å². The number of thiazole rings is 1. The molecule has 27 heavy (non-hydrogen) atoms. The molecule has 1 aromatic carbocycles. The van der Waals surface area contributed by atoms with Crippen molar-refractivity contribution in [3.05, 3.63) is 51.7 Å². The number of rotatable bonds is 8. The first-order valence-corrected chi connectivity index (χ1v) is 9.77.